The van der Waals surface area contributed by atoms with Crippen LogP contribution in [0.1, 0.15) is 31.1 Å². The van der Waals surface area contributed by atoms with E-state index in [1.807, 2.05) is 20.8 Å². The van der Waals surface area contributed by atoms with Crippen LogP contribution in [-0.2, 0) is 4.74 Å². The Morgan fingerprint density at radius 1 is 1.46 bits per heavy atom. The maximum atomic E-state index is 12.8. The molecule has 0 aliphatic heterocycles. The third-order valence-corrected chi connectivity index (χ3v) is 2.09. The van der Waals surface area contributed by atoms with E-state index in [-0.39, 0.29) is 11.9 Å². The molecule has 0 aliphatic carbocycles. The molecule has 0 aliphatic rings. The summed E-state index contributed by atoms with van der Waals surface area (Å²) < 4.78 is 18.2. The van der Waals surface area contributed by atoms with Gasteiger partial charge < -0.3 is 4.74 Å². The van der Waals surface area contributed by atoms with E-state index in [0.29, 0.717) is 6.61 Å². The summed E-state index contributed by atoms with van der Waals surface area (Å²) in [6.45, 7) is 6.50. The number of aryl methyl sites for hydroxylation is 1. The van der Waals surface area contributed by atoms with E-state index in [2.05, 4.69) is 0 Å². The summed E-state index contributed by atoms with van der Waals surface area (Å²) in [5, 5.41) is 0. The molecule has 1 aromatic carbocycles. The summed E-state index contributed by atoms with van der Waals surface area (Å²) in [4.78, 5) is 0. The van der Waals surface area contributed by atoms with Gasteiger partial charge in [-0.15, -0.1) is 0 Å². The lowest BCUT2D eigenvalue weighted by Crippen LogP contribution is -2.01. The van der Waals surface area contributed by atoms with E-state index in [9.17, 15) is 4.39 Å². The Balaban J connectivity index is 2.88. The molecule has 1 rings (SSSR count). The molecule has 0 heterocycles. The first-order valence-corrected chi connectivity index (χ1v) is 4.52. The van der Waals surface area contributed by atoms with Crippen LogP contribution in [0.15, 0.2) is 18.2 Å². The number of ether oxygens (including phenoxy) is 1. The Hall–Kier alpha value is -0.890. The monoisotopic (exact) mass is 182 g/mol. The molecule has 0 amide bonds. The highest BCUT2D eigenvalue weighted by molar-refractivity contribution is 5.28. The zero-order chi connectivity index (χ0) is 9.84. The minimum atomic E-state index is -0.190. The molecule has 0 N–H and O–H groups in total. The lowest BCUT2D eigenvalue weighted by atomic mass is 10.0. The second-order valence-electron chi connectivity index (χ2n) is 3.10. The van der Waals surface area contributed by atoms with E-state index < -0.39 is 0 Å². The maximum Gasteiger partial charge on any atom is 0.123 e. The van der Waals surface area contributed by atoms with Crippen LogP contribution in [0.4, 0.5) is 4.39 Å². The first-order chi connectivity index (χ1) is 6.15. The average molecular weight is 182 g/mol. The number of halogens is 1. The molecule has 72 valence electrons. The van der Waals surface area contributed by atoms with Gasteiger partial charge in [-0.05, 0) is 44.0 Å². The summed E-state index contributed by atoms with van der Waals surface area (Å²) in [5.41, 5.74) is 2.00. The summed E-state index contributed by atoms with van der Waals surface area (Å²) in [5.74, 6) is -0.190. The van der Waals surface area contributed by atoms with Gasteiger partial charge in [0.15, 0.2) is 0 Å². The first kappa shape index (κ1) is 10.2. The average Bonchev–Trinajstić information content (AvgIpc) is 2.04. The van der Waals surface area contributed by atoms with Gasteiger partial charge >= 0.3 is 0 Å². The number of benzene rings is 1. The van der Waals surface area contributed by atoms with Gasteiger partial charge in [0.25, 0.3) is 0 Å². The summed E-state index contributed by atoms with van der Waals surface area (Å²) in [6.07, 6.45) is 0.0469. The van der Waals surface area contributed by atoms with Crippen molar-refractivity contribution in [3.8, 4) is 0 Å². The molecule has 1 nitrogen and oxygen atoms in total. The van der Waals surface area contributed by atoms with Gasteiger partial charge in [0.1, 0.15) is 5.82 Å². The van der Waals surface area contributed by atoms with Crippen LogP contribution in [0, 0.1) is 12.7 Å². The van der Waals surface area contributed by atoms with Gasteiger partial charge in [0.2, 0.25) is 0 Å². The van der Waals surface area contributed by atoms with Crippen LogP contribution in [0.2, 0.25) is 0 Å². The number of rotatable bonds is 3. The highest BCUT2D eigenvalue weighted by Crippen LogP contribution is 2.20. The molecule has 1 unspecified atom stereocenters. The second kappa shape index (κ2) is 4.38. The van der Waals surface area contributed by atoms with E-state index in [0.717, 1.165) is 11.1 Å². The first-order valence-electron chi connectivity index (χ1n) is 4.52. The zero-order valence-corrected chi connectivity index (χ0v) is 8.30. The van der Waals surface area contributed by atoms with Gasteiger partial charge in [-0.3, -0.25) is 0 Å². The van der Waals surface area contributed by atoms with Crippen LogP contribution in [0.3, 0.4) is 0 Å². The Morgan fingerprint density at radius 2 is 2.15 bits per heavy atom. The van der Waals surface area contributed by atoms with Crippen molar-refractivity contribution in [3.63, 3.8) is 0 Å². The van der Waals surface area contributed by atoms with E-state index in [4.69, 9.17) is 4.74 Å². The molecule has 0 bridgehead atoms. The Labute approximate surface area is 78.5 Å². The molecule has 0 saturated heterocycles. The minimum absolute atomic E-state index is 0.0469. The van der Waals surface area contributed by atoms with Crippen LogP contribution < -0.4 is 0 Å². The largest absolute Gasteiger partial charge is 0.374 e. The van der Waals surface area contributed by atoms with Gasteiger partial charge in [0.05, 0.1) is 6.10 Å². The third-order valence-electron chi connectivity index (χ3n) is 2.09. The van der Waals surface area contributed by atoms with Crippen LogP contribution in [0.5, 0.6) is 0 Å². The molecular formula is C11H15FO. The quantitative estimate of drug-likeness (QED) is 0.697. The van der Waals surface area contributed by atoms with Crippen molar-refractivity contribution in [2.45, 2.75) is 26.9 Å². The van der Waals surface area contributed by atoms with Gasteiger partial charge in [-0.25, -0.2) is 4.39 Å². The van der Waals surface area contributed by atoms with Crippen molar-refractivity contribution < 1.29 is 9.13 Å². The van der Waals surface area contributed by atoms with Gasteiger partial charge in [-0.2, -0.15) is 0 Å². The van der Waals surface area contributed by atoms with Crippen LogP contribution >= 0.6 is 0 Å². The zero-order valence-electron chi connectivity index (χ0n) is 8.30. The molecule has 0 aromatic heterocycles. The molecule has 0 saturated carbocycles. The maximum absolute atomic E-state index is 12.8. The minimum Gasteiger partial charge on any atom is -0.374 e. The molecule has 0 fully saturated rings. The molecule has 13 heavy (non-hydrogen) atoms. The van der Waals surface area contributed by atoms with Crippen molar-refractivity contribution in [1.82, 2.24) is 0 Å². The summed E-state index contributed by atoms with van der Waals surface area (Å²) >= 11 is 0. The Bertz CT molecular complexity index is 283. The van der Waals surface area contributed by atoms with Crippen molar-refractivity contribution in [1.29, 1.82) is 0 Å². The highest BCUT2D eigenvalue weighted by Gasteiger charge is 2.07. The standard InChI is InChI=1S/C11H15FO/c1-4-13-9(3)11-6-5-10(12)7-8(11)2/h5-7,9H,4H2,1-3H3. The van der Waals surface area contributed by atoms with Crippen molar-refractivity contribution in [2.75, 3.05) is 6.61 Å². The van der Waals surface area contributed by atoms with Gasteiger partial charge in [-0.1, -0.05) is 6.07 Å². The molecular weight excluding hydrogens is 167 g/mol. The summed E-state index contributed by atoms with van der Waals surface area (Å²) in [7, 11) is 0. The number of hydrogen-bond acceptors (Lipinski definition) is 1. The fourth-order valence-corrected chi connectivity index (χ4v) is 1.44. The van der Waals surface area contributed by atoms with E-state index in [1.165, 1.54) is 12.1 Å². The van der Waals surface area contributed by atoms with Crippen molar-refractivity contribution in [3.05, 3.63) is 35.1 Å². The third kappa shape index (κ3) is 2.52. The predicted molar refractivity (Wildman–Crippen MR) is 51.2 cm³/mol. The smallest absolute Gasteiger partial charge is 0.123 e. The highest BCUT2D eigenvalue weighted by atomic mass is 19.1. The Kier molecular flexibility index (Phi) is 3.43. The molecule has 0 radical (unpaired) electrons. The van der Waals surface area contributed by atoms with E-state index in [1.54, 1.807) is 6.07 Å². The lowest BCUT2D eigenvalue weighted by molar-refractivity contribution is 0.0759. The second-order valence-corrected chi connectivity index (χ2v) is 3.10. The van der Waals surface area contributed by atoms with Gasteiger partial charge in [0, 0.05) is 6.61 Å². The van der Waals surface area contributed by atoms with Crippen molar-refractivity contribution >= 4 is 0 Å². The van der Waals surface area contributed by atoms with E-state index >= 15 is 0 Å². The molecule has 2 heteroatoms. The molecule has 1 atom stereocenters. The van der Waals surface area contributed by atoms with Crippen LogP contribution in [-0.4, -0.2) is 6.61 Å². The molecule has 0 spiro atoms. The topological polar surface area (TPSA) is 9.23 Å². The fraction of sp³-hybridized carbons (Fsp3) is 0.455. The Morgan fingerprint density at radius 3 is 2.69 bits per heavy atom. The molecule has 1 aromatic rings. The lowest BCUT2D eigenvalue weighted by Gasteiger charge is -2.14. The van der Waals surface area contributed by atoms with Crippen molar-refractivity contribution in [2.24, 2.45) is 0 Å². The SMILES string of the molecule is CCOC(C)c1ccc(F)cc1C. The predicted octanol–water partition coefficient (Wildman–Crippen LogP) is 3.23. The number of hydrogen-bond donors (Lipinski definition) is 0. The summed E-state index contributed by atoms with van der Waals surface area (Å²) in [6, 6.07) is 4.79. The fourth-order valence-electron chi connectivity index (χ4n) is 1.44. The van der Waals surface area contributed by atoms with Crippen LogP contribution in [0.25, 0.3) is 0 Å². The normalized spacial score (nSPS) is 12.9.